The van der Waals surface area contributed by atoms with Gasteiger partial charge in [-0.1, -0.05) is 0 Å². The molecule has 1 N–H and O–H groups in total. The highest BCUT2D eigenvalue weighted by molar-refractivity contribution is 3.84. The van der Waals surface area contributed by atoms with Crippen LogP contribution >= 0.6 is 0 Å². The summed E-state index contributed by atoms with van der Waals surface area (Å²) in [5.74, 6) is 0. The highest BCUT2D eigenvalue weighted by Crippen LogP contribution is 1.31. The lowest BCUT2D eigenvalue weighted by atomic mass is 12.7. The lowest BCUT2D eigenvalue weighted by molar-refractivity contribution is 0.881. The van der Waals surface area contributed by atoms with E-state index in [2.05, 4.69) is 26.1 Å². The number of nitrogens with one attached hydrogen (secondary N) is 1. The molecule has 0 atom stereocenters. The van der Waals surface area contributed by atoms with Gasteiger partial charge in [-0.3, -0.25) is 0 Å². The fourth-order valence-corrected chi connectivity index (χ4v) is 0.100. The summed E-state index contributed by atoms with van der Waals surface area (Å²) in [5.41, 5.74) is 0. The SMILES string of the molecule is n1nn[nH]n1. The highest BCUT2D eigenvalue weighted by atomic mass is 15.6. The van der Waals surface area contributed by atoms with Gasteiger partial charge < -0.3 is 0 Å². The fourth-order valence-electron chi connectivity index (χ4n) is 0.100. The van der Waals surface area contributed by atoms with E-state index in [9.17, 15) is 0 Å². The Morgan fingerprint density at radius 2 is 1.60 bits per heavy atom. The Morgan fingerprint density at radius 1 is 1.00 bits per heavy atom. The molecular formula is HN5. The Kier molecular flexibility index (Phi) is 0.338. The van der Waals surface area contributed by atoms with E-state index >= 15 is 0 Å². The van der Waals surface area contributed by atoms with Crippen molar-refractivity contribution in [2.75, 3.05) is 0 Å². The van der Waals surface area contributed by atoms with Crippen LogP contribution < -0.4 is 0 Å². The molecule has 1 rings (SSSR count). The molecule has 0 fully saturated rings. The summed E-state index contributed by atoms with van der Waals surface area (Å²) in [6, 6.07) is 0. The molecule has 5 heavy (non-hydrogen) atoms. The van der Waals surface area contributed by atoms with Crippen molar-refractivity contribution in [2.45, 2.75) is 0 Å². The molecule has 0 aromatic carbocycles. The van der Waals surface area contributed by atoms with Crippen molar-refractivity contribution in [3.05, 3.63) is 0 Å². The minimum absolute atomic E-state index is 2.14. The summed E-state index contributed by atoms with van der Waals surface area (Å²) in [5, 5.41) is 14.5. The van der Waals surface area contributed by atoms with Crippen molar-refractivity contribution in [3.63, 3.8) is 0 Å². The van der Waals surface area contributed by atoms with Gasteiger partial charge in [0.15, 0.2) is 0 Å². The second kappa shape index (κ2) is 0.750. The Morgan fingerprint density at radius 3 is 1.80 bits per heavy atom. The van der Waals surface area contributed by atoms with Crippen LogP contribution in [0.5, 0.6) is 0 Å². The minimum Gasteiger partial charge on any atom is -0.157 e. The Bertz CT molecular complexity index is 56.5. The van der Waals surface area contributed by atoms with Crippen molar-refractivity contribution in [1.82, 2.24) is 26.1 Å². The topological polar surface area (TPSA) is 67.3 Å². The number of rotatable bonds is 0. The van der Waals surface area contributed by atoms with Crippen LogP contribution in [0.1, 0.15) is 0 Å². The van der Waals surface area contributed by atoms with Gasteiger partial charge in [-0.2, -0.15) is 5.21 Å². The van der Waals surface area contributed by atoms with Gasteiger partial charge in [0.25, 0.3) is 0 Å². The third-order valence-electron chi connectivity index (χ3n) is 0.219. The Labute approximate surface area is 27.4 Å². The van der Waals surface area contributed by atoms with Crippen molar-refractivity contribution in [1.29, 1.82) is 0 Å². The number of hydrogen-bond donors (Lipinski definition) is 1. The standard InChI is InChI=1S/HN5/c1-2-4-5-3-1/h(H,1,2,3,4,5). The maximum absolute atomic E-state index is 3.12. The van der Waals surface area contributed by atoms with E-state index in [1.807, 2.05) is 0 Å². The monoisotopic (exact) mass is 71.0 g/mol. The Hall–Kier alpha value is -1.00. The van der Waals surface area contributed by atoms with E-state index in [1.54, 1.807) is 0 Å². The number of aromatic nitrogens is 5. The zero-order valence-electron chi connectivity index (χ0n) is 2.29. The fraction of sp³-hybridized carbons (Fsp3) is 0. The van der Waals surface area contributed by atoms with Crippen LogP contribution in [0.4, 0.5) is 0 Å². The first-order valence-electron chi connectivity index (χ1n) is 1.05. The van der Waals surface area contributed by atoms with Gasteiger partial charge in [-0.25, -0.2) is 0 Å². The molecule has 0 saturated carbocycles. The smallest absolute Gasteiger partial charge is 0.00217 e. The maximum atomic E-state index is 3.12. The van der Waals surface area contributed by atoms with E-state index < -0.39 is 0 Å². The molecule has 5 nitrogen and oxygen atoms in total. The minimum atomic E-state index is 2.14. The zero-order valence-corrected chi connectivity index (χ0v) is 2.29. The quantitative estimate of drug-likeness (QED) is 0.408. The molecule has 1 aromatic rings. The molecule has 26 valence electrons. The first-order valence-corrected chi connectivity index (χ1v) is 1.05. The molecule has 0 spiro atoms. The van der Waals surface area contributed by atoms with E-state index in [0.717, 1.165) is 0 Å². The maximum Gasteiger partial charge on any atom is -0.00217 e. The first-order chi connectivity index (χ1) is 2.50. The van der Waals surface area contributed by atoms with Gasteiger partial charge in [0.1, 0.15) is 0 Å². The van der Waals surface area contributed by atoms with Crippen molar-refractivity contribution >= 4 is 0 Å². The number of aromatic amines is 1. The summed E-state index contributed by atoms with van der Waals surface area (Å²) in [7, 11) is 0. The lowest BCUT2D eigenvalue weighted by Gasteiger charge is -1.40. The third kappa shape index (κ3) is 0.188. The van der Waals surface area contributed by atoms with Crippen LogP contribution in [0, 0.1) is 0 Å². The molecule has 0 aliphatic carbocycles. The normalized spacial score (nSPS) is 8.00. The van der Waals surface area contributed by atoms with Crippen molar-refractivity contribution in [2.24, 2.45) is 0 Å². The summed E-state index contributed by atoms with van der Waals surface area (Å²) >= 11 is 0. The van der Waals surface area contributed by atoms with Crippen LogP contribution in [0.15, 0.2) is 0 Å². The van der Waals surface area contributed by atoms with Crippen LogP contribution in [0.25, 0.3) is 0 Å². The molecule has 0 amide bonds. The predicted molar refractivity (Wildman–Crippen MR) is 12.0 cm³/mol. The van der Waals surface area contributed by atoms with Crippen LogP contribution in [-0.4, -0.2) is 26.1 Å². The third-order valence-corrected chi connectivity index (χ3v) is 0.219. The number of hydrogen-bond acceptors (Lipinski definition) is 4. The number of H-pyrrole nitrogens is 1. The first kappa shape index (κ1) is 2.25. The van der Waals surface area contributed by atoms with Crippen LogP contribution in [0.3, 0.4) is 0 Å². The van der Waals surface area contributed by atoms with Gasteiger partial charge in [-0.05, 0) is 20.9 Å². The molecule has 1 aromatic heterocycles. The predicted octanol–water partition coefficient (Wildman–Crippen LogP) is -1.41. The summed E-state index contributed by atoms with van der Waals surface area (Å²) < 4.78 is 0. The molecule has 1 heterocycles. The molecule has 0 bridgehead atoms. The van der Waals surface area contributed by atoms with Crippen molar-refractivity contribution < 1.29 is 0 Å². The molecule has 0 saturated heterocycles. The summed E-state index contributed by atoms with van der Waals surface area (Å²) in [4.78, 5) is 0. The van der Waals surface area contributed by atoms with Gasteiger partial charge in [0.2, 0.25) is 0 Å². The number of nitrogens with zero attached hydrogens (tertiary/aromatic N) is 4. The van der Waals surface area contributed by atoms with E-state index in [1.165, 1.54) is 0 Å². The van der Waals surface area contributed by atoms with Gasteiger partial charge >= 0.3 is 0 Å². The summed E-state index contributed by atoms with van der Waals surface area (Å²) in [6.45, 7) is 0. The van der Waals surface area contributed by atoms with Crippen molar-refractivity contribution in [3.8, 4) is 0 Å². The molecule has 0 aliphatic rings. The molecule has 5 heteroatoms. The van der Waals surface area contributed by atoms with E-state index in [0.29, 0.717) is 0 Å². The van der Waals surface area contributed by atoms with Gasteiger partial charge in [0, 0.05) is 0 Å². The molecule has 0 radical (unpaired) electrons. The van der Waals surface area contributed by atoms with Crippen LogP contribution in [-0.2, 0) is 0 Å². The highest BCUT2D eigenvalue weighted by Gasteiger charge is 1.59. The van der Waals surface area contributed by atoms with E-state index in [-0.39, 0.29) is 0 Å². The molecule has 0 unspecified atom stereocenters. The Balaban J connectivity index is 3.13. The van der Waals surface area contributed by atoms with Gasteiger partial charge in [-0.15, -0.1) is 0 Å². The summed E-state index contributed by atoms with van der Waals surface area (Å²) in [6.07, 6.45) is 0. The second-order valence-electron chi connectivity index (χ2n) is 0.479. The molecule has 0 aliphatic heterocycles. The van der Waals surface area contributed by atoms with Gasteiger partial charge in [0.05, 0.1) is 0 Å². The largest absolute Gasteiger partial charge is 0.157 e. The van der Waals surface area contributed by atoms with Crippen LogP contribution in [0.2, 0.25) is 0 Å². The lowest BCUT2D eigenvalue weighted by Crippen LogP contribution is -1.64. The second-order valence-corrected chi connectivity index (χ2v) is 0.479. The van der Waals surface area contributed by atoms with E-state index in [4.69, 9.17) is 0 Å². The molecular weight excluding hydrogens is 70.0 g/mol. The zero-order chi connectivity index (χ0) is 3.54. The average molecular weight is 71.0 g/mol. The average Bonchev–Trinajstić information content (AvgIpc) is 1.76.